The number of carbonyl (C=O) groups is 2. The van der Waals surface area contributed by atoms with E-state index >= 15 is 0 Å². The molecule has 3 aliphatic rings. The van der Waals surface area contributed by atoms with E-state index < -0.39 is 52.4 Å². The fourth-order valence-corrected chi connectivity index (χ4v) is 7.78. The first kappa shape index (κ1) is 28.8. The van der Waals surface area contributed by atoms with Crippen molar-refractivity contribution in [3.05, 3.63) is 95.2 Å². The molecule has 0 aliphatic carbocycles. The molecule has 2 N–H and O–H groups in total. The number of β-lactam (4-membered cyclic amide) rings is 1. The summed E-state index contributed by atoms with van der Waals surface area (Å²) in [5.74, 6) is -3.47. The lowest BCUT2D eigenvalue weighted by atomic mass is 9.78. The highest BCUT2D eigenvalue weighted by Crippen LogP contribution is 2.47. The first-order valence-electron chi connectivity index (χ1n) is 13.9. The molecular formula is C30H31N5O7S. The summed E-state index contributed by atoms with van der Waals surface area (Å²) < 4.78 is 32.9. The molecular weight excluding hydrogens is 574 g/mol. The number of aromatic nitrogens is 2. The minimum Gasteiger partial charge on any atom is -0.543 e. The number of imidazole rings is 1. The van der Waals surface area contributed by atoms with Crippen LogP contribution in [0.2, 0.25) is 0 Å². The van der Waals surface area contributed by atoms with Crippen molar-refractivity contribution in [3.8, 4) is 0 Å². The number of aliphatic hydroxyl groups excluding tert-OH is 2. The zero-order valence-electron chi connectivity index (χ0n) is 23.6. The molecule has 1 fully saturated rings. The molecule has 224 valence electrons. The van der Waals surface area contributed by atoms with Crippen LogP contribution in [0.1, 0.15) is 30.5 Å². The molecule has 12 nitrogen and oxygen atoms in total. The fourth-order valence-electron chi connectivity index (χ4n) is 6.32. The van der Waals surface area contributed by atoms with Crippen LogP contribution in [0.15, 0.2) is 88.5 Å². The third-order valence-corrected chi connectivity index (χ3v) is 10.1. The Kier molecular flexibility index (Phi) is 7.19. The van der Waals surface area contributed by atoms with Gasteiger partial charge in [-0.1, -0.05) is 49.4 Å². The molecule has 0 radical (unpaired) electrons. The number of carboxylic acids is 1. The first-order chi connectivity index (χ1) is 20.5. The summed E-state index contributed by atoms with van der Waals surface area (Å²) in [6, 6.07) is 13.6. The number of rotatable bonds is 9. The van der Waals surface area contributed by atoms with Crippen molar-refractivity contribution in [2.75, 3.05) is 13.2 Å². The SMILES string of the molecule is C[C@@H](O)[C@H]1C(=O)N2C(C(=O)[O-])=C(CN3N=C(c4ccccc4)c4ccc(C[n+]5ccn(CCO)c5)cc4S3(=O)=O)[C@H](C)[C@H]12. The molecule has 2 aromatic carbocycles. The van der Waals surface area contributed by atoms with E-state index in [1.807, 2.05) is 64.3 Å². The number of hydrogen-bond donors (Lipinski definition) is 2. The van der Waals surface area contributed by atoms with Crippen LogP contribution in [0.4, 0.5) is 0 Å². The molecule has 3 aliphatic heterocycles. The van der Waals surface area contributed by atoms with E-state index in [0.29, 0.717) is 35.5 Å². The van der Waals surface area contributed by atoms with Crippen molar-refractivity contribution < 1.29 is 37.9 Å². The Bertz CT molecular complexity index is 1780. The number of benzene rings is 2. The van der Waals surface area contributed by atoms with Crippen LogP contribution in [0.25, 0.3) is 0 Å². The number of carboxylic acid groups (broad SMARTS) is 1. The van der Waals surface area contributed by atoms with Crippen LogP contribution in [0, 0.1) is 11.8 Å². The Balaban J connectivity index is 1.42. The normalized spacial score (nSPS) is 23.0. The van der Waals surface area contributed by atoms with E-state index in [-0.39, 0.29) is 22.8 Å². The minimum absolute atomic E-state index is 0.00967. The molecule has 0 bridgehead atoms. The smallest absolute Gasteiger partial charge is 0.280 e. The summed E-state index contributed by atoms with van der Waals surface area (Å²) in [6.07, 6.45) is 4.46. The van der Waals surface area contributed by atoms with Crippen LogP contribution in [0.5, 0.6) is 0 Å². The largest absolute Gasteiger partial charge is 0.543 e. The van der Waals surface area contributed by atoms with Crippen LogP contribution in [-0.2, 0) is 32.7 Å². The van der Waals surface area contributed by atoms with Gasteiger partial charge in [0.15, 0.2) is 0 Å². The first-order valence-corrected chi connectivity index (χ1v) is 15.4. The zero-order chi connectivity index (χ0) is 30.6. The Morgan fingerprint density at radius 3 is 2.60 bits per heavy atom. The van der Waals surface area contributed by atoms with Gasteiger partial charge in [0.05, 0.1) is 47.8 Å². The standard InChI is InChI=1S/C30H31N5O7S/c1-18-23(28(30(39)40)35-27(18)25(19(2)37)29(35)38)16-34-31-26(21-6-4-3-5-7-21)22-9-8-20(14-24(22)43(34,41)42)15-33-11-10-32(17-33)12-13-36/h3-11,14,17-19,25,27,36-37H,12-13,15-16H2,1-2H3/t18-,19+,25+,27+/m0/s1. The van der Waals surface area contributed by atoms with Crippen molar-refractivity contribution in [1.82, 2.24) is 13.9 Å². The van der Waals surface area contributed by atoms with Crippen LogP contribution >= 0.6 is 0 Å². The van der Waals surface area contributed by atoms with E-state index in [0.717, 1.165) is 9.31 Å². The number of aliphatic carboxylic acids is 1. The predicted octanol–water partition coefficient (Wildman–Crippen LogP) is -0.566. The van der Waals surface area contributed by atoms with Crippen LogP contribution in [-0.4, -0.2) is 75.4 Å². The van der Waals surface area contributed by atoms with Gasteiger partial charge in [-0.25, -0.2) is 9.13 Å². The molecule has 1 amide bonds. The van der Waals surface area contributed by atoms with Gasteiger partial charge in [0.2, 0.25) is 12.2 Å². The molecule has 13 heteroatoms. The second-order valence-electron chi connectivity index (χ2n) is 11.1. The fraction of sp³-hybridized carbons (Fsp3) is 0.333. The molecule has 0 unspecified atom stereocenters. The van der Waals surface area contributed by atoms with E-state index in [1.165, 1.54) is 6.92 Å². The lowest BCUT2D eigenvalue weighted by molar-refractivity contribution is -0.687. The Labute approximate surface area is 248 Å². The van der Waals surface area contributed by atoms with Crippen molar-refractivity contribution in [1.29, 1.82) is 0 Å². The van der Waals surface area contributed by atoms with Crippen molar-refractivity contribution in [3.63, 3.8) is 0 Å². The molecule has 1 aromatic heterocycles. The Morgan fingerprint density at radius 2 is 1.93 bits per heavy atom. The molecule has 0 spiro atoms. The summed E-state index contributed by atoms with van der Waals surface area (Å²) in [4.78, 5) is 26.2. The maximum Gasteiger partial charge on any atom is 0.280 e. The maximum atomic E-state index is 14.1. The number of carbonyl (C=O) groups excluding carboxylic acids is 2. The highest BCUT2D eigenvalue weighted by molar-refractivity contribution is 7.89. The average molecular weight is 606 g/mol. The second-order valence-corrected chi connectivity index (χ2v) is 12.9. The Hall–Kier alpha value is -4.33. The third kappa shape index (κ3) is 4.73. The van der Waals surface area contributed by atoms with Crippen LogP contribution in [0.3, 0.4) is 0 Å². The topological polar surface area (TPSA) is 159 Å². The number of amides is 1. The van der Waals surface area contributed by atoms with Gasteiger partial charge in [-0.15, -0.1) is 0 Å². The summed E-state index contributed by atoms with van der Waals surface area (Å²) in [6.45, 7) is 3.58. The monoisotopic (exact) mass is 605 g/mol. The van der Waals surface area contributed by atoms with Gasteiger partial charge in [0, 0.05) is 17.0 Å². The number of fused-ring (bicyclic) bond motifs is 2. The quantitative estimate of drug-likeness (QED) is 0.244. The molecule has 0 saturated carbocycles. The maximum absolute atomic E-state index is 14.1. The highest BCUT2D eigenvalue weighted by Gasteiger charge is 2.59. The molecule has 6 rings (SSSR count). The summed E-state index contributed by atoms with van der Waals surface area (Å²) in [7, 11) is -4.26. The van der Waals surface area contributed by atoms with Gasteiger partial charge in [0.1, 0.15) is 31.2 Å². The van der Waals surface area contributed by atoms with Gasteiger partial charge >= 0.3 is 0 Å². The molecule has 4 heterocycles. The van der Waals surface area contributed by atoms with Crippen molar-refractivity contribution in [2.24, 2.45) is 16.9 Å². The number of nitrogens with zero attached hydrogens (tertiary/aromatic N) is 5. The van der Waals surface area contributed by atoms with E-state index in [1.54, 1.807) is 19.1 Å². The second kappa shape index (κ2) is 10.7. The number of sulfonamides is 1. The molecule has 43 heavy (non-hydrogen) atoms. The highest BCUT2D eigenvalue weighted by atomic mass is 32.2. The van der Waals surface area contributed by atoms with E-state index in [9.17, 15) is 33.3 Å². The number of hydrogen-bond acceptors (Lipinski definition) is 8. The summed E-state index contributed by atoms with van der Waals surface area (Å²) in [5, 5.41) is 36.2. The zero-order valence-corrected chi connectivity index (χ0v) is 24.4. The molecule has 4 atom stereocenters. The van der Waals surface area contributed by atoms with E-state index in [2.05, 4.69) is 5.10 Å². The predicted molar refractivity (Wildman–Crippen MR) is 150 cm³/mol. The van der Waals surface area contributed by atoms with Gasteiger partial charge in [-0.3, -0.25) is 4.79 Å². The van der Waals surface area contributed by atoms with Gasteiger partial charge in [-0.05, 0) is 24.1 Å². The Morgan fingerprint density at radius 1 is 1.19 bits per heavy atom. The van der Waals surface area contributed by atoms with Gasteiger partial charge in [-0.2, -0.15) is 17.9 Å². The lowest BCUT2D eigenvalue weighted by Crippen LogP contribution is -2.64. The van der Waals surface area contributed by atoms with Gasteiger partial charge in [0.25, 0.3) is 10.0 Å². The molecule has 1 saturated heterocycles. The third-order valence-electron chi connectivity index (χ3n) is 8.40. The minimum atomic E-state index is -4.26. The lowest BCUT2D eigenvalue weighted by Gasteiger charge is -2.47. The van der Waals surface area contributed by atoms with E-state index in [4.69, 9.17) is 0 Å². The summed E-state index contributed by atoms with van der Waals surface area (Å²) in [5.41, 5.74) is 2.03. The molecule has 3 aromatic rings. The number of aliphatic hydroxyl groups is 2. The summed E-state index contributed by atoms with van der Waals surface area (Å²) >= 11 is 0. The average Bonchev–Trinajstić information content (AvgIpc) is 3.50. The van der Waals surface area contributed by atoms with Crippen molar-refractivity contribution in [2.45, 2.75) is 44.0 Å². The van der Waals surface area contributed by atoms with Crippen LogP contribution < -0.4 is 9.67 Å². The number of hydrazone groups is 1. The van der Waals surface area contributed by atoms with Crippen molar-refractivity contribution >= 4 is 27.6 Å². The van der Waals surface area contributed by atoms with Gasteiger partial charge < -0.3 is 25.0 Å².